The van der Waals surface area contributed by atoms with Crippen molar-refractivity contribution in [3.05, 3.63) is 87.8 Å². The van der Waals surface area contributed by atoms with Gasteiger partial charge in [-0.2, -0.15) is 0 Å². The van der Waals surface area contributed by atoms with Crippen LogP contribution >= 0.6 is 35.6 Å². The monoisotopic (exact) mass is 510 g/mol. The minimum Gasteiger partial charge on any atom is -0.493 e. The number of thioether (sulfide) groups is 1. The number of halogens is 1. The average molecular weight is 511 g/mol. The fourth-order valence-corrected chi connectivity index (χ4v) is 4.80. The number of rotatable bonds is 7. The molecule has 1 amide bonds. The highest BCUT2D eigenvalue weighted by molar-refractivity contribution is 8.27. The smallest absolute Gasteiger partial charge is 0.270 e. The Labute approximate surface area is 213 Å². The SMILES string of the molecule is COc1cc(C=C2SC(=S)N(c3ccc(N(C)C)cc3)C2=O)ccc1OCc1ccc(Cl)cc1. The van der Waals surface area contributed by atoms with E-state index in [-0.39, 0.29) is 5.91 Å². The maximum atomic E-state index is 13.1. The lowest BCUT2D eigenvalue weighted by atomic mass is 10.1. The van der Waals surface area contributed by atoms with Crippen LogP contribution in [0.3, 0.4) is 0 Å². The molecule has 0 aliphatic carbocycles. The third-order valence-corrected chi connectivity index (χ3v) is 6.77. The highest BCUT2D eigenvalue weighted by atomic mass is 35.5. The van der Waals surface area contributed by atoms with Crippen molar-refractivity contribution in [3.8, 4) is 11.5 Å². The minimum atomic E-state index is -0.144. The van der Waals surface area contributed by atoms with Gasteiger partial charge in [0.15, 0.2) is 15.8 Å². The zero-order chi connectivity index (χ0) is 24.2. The van der Waals surface area contributed by atoms with Crippen LogP contribution in [0.4, 0.5) is 11.4 Å². The highest BCUT2D eigenvalue weighted by Crippen LogP contribution is 2.37. The maximum Gasteiger partial charge on any atom is 0.270 e. The van der Waals surface area contributed by atoms with Gasteiger partial charge in [0.2, 0.25) is 0 Å². The van der Waals surface area contributed by atoms with Gasteiger partial charge in [0.25, 0.3) is 5.91 Å². The van der Waals surface area contributed by atoms with Gasteiger partial charge in [0.05, 0.1) is 17.7 Å². The van der Waals surface area contributed by atoms with E-state index in [4.69, 9.17) is 33.3 Å². The van der Waals surface area contributed by atoms with E-state index in [9.17, 15) is 4.79 Å². The van der Waals surface area contributed by atoms with Gasteiger partial charge in [-0.3, -0.25) is 9.69 Å². The Bertz CT molecular complexity index is 1240. The number of methoxy groups -OCH3 is 1. The maximum absolute atomic E-state index is 13.1. The first-order chi connectivity index (χ1) is 16.4. The molecule has 3 aromatic carbocycles. The Balaban J connectivity index is 1.51. The number of hydrogen-bond acceptors (Lipinski definition) is 6. The van der Waals surface area contributed by atoms with Crippen molar-refractivity contribution in [2.45, 2.75) is 6.61 Å². The van der Waals surface area contributed by atoms with Gasteiger partial charge < -0.3 is 14.4 Å². The van der Waals surface area contributed by atoms with Crippen molar-refractivity contribution in [1.82, 2.24) is 0 Å². The van der Waals surface area contributed by atoms with E-state index in [1.807, 2.05) is 91.8 Å². The number of carbonyl (C=O) groups excluding carboxylic acids is 1. The second kappa shape index (κ2) is 10.5. The van der Waals surface area contributed by atoms with Crippen LogP contribution in [0.1, 0.15) is 11.1 Å². The lowest BCUT2D eigenvalue weighted by Crippen LogP contribution is -2.27. The van der Waals surface area contributed by atoms with E-state index in [2.05, 4.69) is 0 Å². The van der Waals surface area contributed by atoms with E-state index < -0.39 is 0 Å². The van der Waals surface area contributed by atoms with Crippen LogP contribution in [0, 0.1) is 0 Å². The normalized spacial score (nSPS) is 14.6. The molecule has 0 radical (unpaired) electrons. The van der Waals surface area contributed by atoms with Crippen LogP contribution in [-0.2, 0) is 11.4 Å². The van der Waals surface area contributed by atoms with Crippen LogP contribution < -0.4 is 19.3 Å². The third kappa shape index (κ3) is 5.38. The van der Waals surface area contributed by atoms with Crippen LogP contribution in [0.15, 0.2) is 71.6 Å². The number of anilines is 2. The molecule has 1 aliphatic heterocycles. The van der Waals surface area contributed by atoms with Gasteiger partial charge >= 0.3 is 0 Å². The molecule has 4 rings (SSSR count). The van der Waals surface area contributed by atoms with E-state index in [1.165, 1.54) is 11.8 Å². The summed E-state index contributed by atoms with van der Waals surface area (Å²) in [6, 6.07) is 20.8. The number of benzene rings is 3. The first-order valence-corrected chi connectivity index (χ1v) is 12.1. The molecule has 0 unspecified atom stereocenters. The molecule has 0 bridgehead atoms. The molecule has 5 nitrogen and oxygen atoms in total. The molecule has 1 saturated heterocycles. The summed E-state index contributed by atoms with van der Waals surface area (Å²) in [5.74, 6) is 1.05. The van der Waals surface area contributed by atoms with Crippen molar-refractivity contribution >= 4 is 63.3 Å². The van der Waals surface area contributed by atoms with Gasteiger partial charge in [-0.05, 0) is 65.7 Å². The summed E-state index contributed by atoms with van der Waals surface area (Å²) in [6.07, 6.45) is 1.82. The molecule has 3 aromatic rings. The molecule has 1 fully saturated rings. The number of carbonyl (C=O) groups is 1. The van der Waals surface area contributed by atoms with E-state index in [0.29, 0.717) is 32.4 Å². The lowest BCUT2D eigenvalue weighted by molar-refractivity contribution is -0.113. The molecule has 0 N–H and O–H groups in total. The quantitative estimate of drug-likeness (QED) is 0.270. The third-order valence-electron chi connectivity index (χ3n) is 5.21. The predicted octanol–water partition coefficient (Wildman–Crippen LogP) is 6.40. The van der Waals surface area contributed by atoms with Gasteiger partial charge in [0, 0.05) is 24.8 Å². The number of hydrogen-bond donors (Lipinski definition) is 0. The second-order valence-corrected chi connectivity index (χ2v) is 9.87. The first-order valence-electron chi connectivity index (χ1n) is 10.5. The van der Waals surface area contributed by atoms with Crippen LogP contribution in [0.25, 0.3) is 6.08 Å². The summed E-state index contributed by atoms with van der Waals surface area (Å²) >= 11 is 12.7. The van der Waals surface area contributed by atoms with E-state index >= 15 is 0 Å². The van der Waals surface area contributed by atoms with Crippen LogP contribution in [0.2, 0.25) is 5.02 Å². The summed E-state index contributed by atoms with van der Waals surface area (Å²) < 4.78 is 11.9. The van der Waals surface area contributed by atoms with Gasteiger partial charge in [-0.25, -0.2) is 0 Å². The topological polar surface area (TPSA) is 42.0 Å². The van der Waals surface area contributed by atoms with E-state index in [0.717, 1.165) is 22.5 Å². The van der Waals surface area contributed by atoms with E-state index in [1.54, 1.807) is 12.0 Å². The molecule has 1 aliphatic rings. The molecule has 8 heteroatoms. The van der Waals surface area contributed by atoms with Crippen molar-refractivity contribution < 1.29 is 14.3 Å². The first kappa shape index (κ1) is 24.1. The Morgan fingerprint density at radius 2 is 1.74 bits per heavy atom. The Kier molecular flexibility index (Phi) is 7.46. The van der Waals surface area contributed by atoms with Crippen LogP contribution in [0.5, 0.6) is 11.5 Å². The van der Waals surface area contributed by atoms with Gasteiger partial charge in [0.1, 0.15) is 6.61 Å². The van der Waals surface area contributed by atoms with Crippen molar-refractivity contribution in [2.75, 3.05) is 31.0 Å². The molecule has 174 valence electrons. The number of thiocarbonyl (C=S) groups is 1. The lowest BCUT2D eigenvalue weighted by Gasteiger charge is -2.17. The van der Waals surface area contributed by atoms with Gasteiger partial charge in [-0.15, -0.1) is 0 Å². The number of amides is 1. The molecule has 1 heterocycles. The molecule has 34 heavy (non-hydrogen) atoms. The highest BCUT2D eigenvalue weighted by Gasteiger charge is 2.33. The zero-order valence-corrected chi connectivity index (χ0v) is 21.3. The van der Waals surface area contributed by atoms with Crippen molar-refractivity contribution in [1.29, 1.82) is 0 Å². The van der Waals surface area contributed by atoms with Crippen molar-refractivity contribution in [3.63, 3.8) is 0 Å². The molecule has 0 saturated carbocycles. The summed E-state index contributed by atoms with van der Waals surface area (Å²) in [6.45, 7) is 0.387. The Morgan fingerprint density at radius 3 is 2.38 bits per heavy atom. The largest absolute Gasteiger partial charge is 0.493 e. The zero-order valence-electron chi connectivity index (χ0n) is 18.9. The molecular formula is C26H23ClN2O3S2. The Morgan fingerprint density at radius 1 is 1.03 bits per heavy atom. The fraction of sp³-hybridized carbons (Fsp3) is 0.154. The fourth-order valence-electron chi connectivity index (χ4n) is 3.38. The summed E-state index contributed by atoms with van der Waals surface area (Å²) in [4.78, 5) is 17.2. The van der Waals surface area contributed by atoms with Gasteiger partial charge in [-0.1, -0.05) is 53.8 Å². The molecule has 0 aromatic heterocycles. The molecule has 0 atom stereocenters. The van der Waals surface area contributed by atoms with Crippen LogP contribution in [-0.4, -0.2) is 31.4 Å². The number of ether oxygens (including phenoxy) is 2. The summed E-state index contributed by atoms with van der Waals surface area (Å²) in [5.41, 5.74) is 3.62. The minimum absolute atomic E-state index is 0.144. The average Bonchev–Trinajstić information content (AvgIpc) is 3.11. The molecular weight excluding hydrogens is 488 g/mol. The standard InChI is InChI=1S/C26H23ClN2O3S2/c1-28(2)20-9-11-21(12-10-20)29-25(30)24(34-26(29)33)15-18-6-13-22(23(14-18)31-3)32-16-17-4-7-19(27)8-5-17/h4-15H,16H2,1-3H3. The second-order valence-electron chi connectivity index (χ2n) is 7.75. The predicted molar refractivity (Wildman–Crippen MR) is 145 cm³/mol. The van der Waals surface area contributed by atoms with Crippen molar-refractivity contribution in [2.24, 2.45) is 0 Å². The molecule has 0 spiro atoms. The summed E-state index contributed by atoms with van der Waals surface area (Å²) in [7, 11) is 5.53. The summed E-state index contributed by atoms with van der Waals surface area (Å²) in [5, 5.41) is 0.682. The number of nitrogens with zero attached hydrogens (tertiary/aromatic N) is 2. The Hall–Kier alpha value is -3.00.